The summed E-state index contributed by atoms with van der Waals surface area (Å²) in [5, 5.41) is 0. The molecule has 0 aliphatic rings. The van der Waals surface area contributed by atoms with Gasteiger partial charge in [0.2, 0.25) is 5.91 Å². The highest BCUT2D eigenvalue weighted by atomic mass is 19.4. The summed E-state index contributed by atoms with van der Waals surface area (Å²) < 4.78 is 44.3. The SMILES string of the molecule is NC(=O)C(N)C(=O)COc1ccc(OC(F)(F)F)cc1. The summed E-state index contributed by atoms with van der Waals surface area (Å²) in [7, 11) is 0. The summed E-state index contributed by atoms with van der Waals surface area (Å²) in [4.78, 5) is 21.9. The Morgan fingerprint density at radius 1 is 1.15 bits per heavy atom. The first kappa shape index (κ1) is 15.8. The van der Waals surface area contributed by atoms with Crippen molar-refractivity contribution in [2.24, 2.45) is 11.5 Å². The zero-order valence-electron chi connectivity index (χ0n) is 10.0. The van der Waals surface area contributed by atoms with Gasteiger partial charge in [-0.2, -0.15) is 0 Å². The van der Waals surface area contributed by atoms with Gasteiger partial charge < -0.3 is 20.9 Å². The van der Waals surface area contributed by atoms with Gasteiger partial charge in [-0.1, -0.05) is 0 Å². The number of rotatable bonds is 6. The van der Waals surface area contributed by atoms with Gasteiger partial charge in [0.1, 0.15) is 24.1 Å². The van der Waals surface area contributed by atoms with E-state index in [9.17, 15) is 22.8 Å². The fourth-order valence-electron chi connectivity index (χ4n) is 1.14. The number of hydrogen-bond acceptors (Lipinski definition) is 5. The maximum absolute atomic E-state index is 11.9. The number of halogens is 3. The largest absolute Gasteiger partial charge is 0.573 e. The third-order valence-corrected chi connectivity index (χ3v) is 2.09. The molecule has 0 saturated carbocycles. The maximum atomic E-state index is 11.9. The summed E-state index contributed by atoms with van der Waals surface area (Å²) >= 11 is 0. The van der Waals surface area contributed by atoms with Crippen molar-refractivity contribution in [2.45, 2.75) is 12.4 Å². The average Bonchev–Trinajstić information content (AvgIpc) is 2.34. The molecule has 9 heteroatoms. The van der Waals surface area contributed by atoms with Crippen molar-refractivity contribution < 1.29 is 32.2 Å². The molecule has 1 aromatic carbocycles. The van der Waals surface area contributed by atoms with Crippen LogP contribution in [-0.2, 0) is 9.59 Å². The topological polar surface area (TPSA) is 105 Å². The molecule has 4 N–H and O–H groups in total. The second-order valence-electron chi connectivity index (χ2n) is 3.65. The lowest BCUT2D eigenvalue weighted by Gasteiger charge is -2.10. The van der Waals surface area contributed by atoms with Crippen molar-refractivity contribution in [1.82, 2.24) is 0 Å². The van der Waals surface area contributed by atoms with E-state index in [0.717, 1.165) is 12.1 Å². The van der Waals surface area contributed by atoms with Crippen molar-refractivity contribution in [2.75, 3.05) is 6.61 Å². The van der Waals surface area contributed by atoms with Crippen LogP contribution in [0.5, 0.6) is 11.5 Å². The van der Waals surface area contributed by atoms with Crippen molar-refractivity contribution >= 4 is 11.7 Å². The Morgan fingerprint density at radius 3 is 2.10 bits per heavy atom. The standard InChI is InChI=1S/C11H11F3N2O4/c12-11(13,14)20-7-3-1-6(2-4-7)19-5-8(17)9(15)10(16)18/h1-4,9H,5,15H2,(H2,16,18). The number of carbonyl (C=O) groups is 2. The third kappa shape index (κ3) is 5.14. The van der Waals surface area contributed by atoms with E-state index >= 15 is 0 Å². The maximum Gasteiger partial charge on any atom is 0.573 e. The van der Waals surface area contributed by atoms with Crippen LogP contribution in [0.1, 0.15) is 0 Å². The Bertz CT molecular complexity index is 487. The van der Waals surface area contributed by atoms with E-state index in [4.69, 9.17) is 16.2 Å². The second-order valence-corrected chi connectivity index (χ2v) is 3.65. The molecule has 0 bridgehead atoms. The normalized spacial score (nSPS) is 12.6. The average molecular weight is 292 g/mol. The predicted molar refractivity (Wildman–Crippen MR) is 60.8 cm³/mol. The number of ketones is 1. The molecule has 0 heterocycles. The number of benzene rings is 1. The Balaban J connectivity index is 2.54. The first-order chi connectivity index (χ1) is 9.19. The zero-order chi connectivity index (χ0) is 15.3. The highest BCUT2D eigenvalue weighted by molar-refractivity contribution is 6.05. The molecule has 0 aromatic heterocycles. The van der Waals surface area contributed by atoms with Gasteiger partial charge in [-0.3, -0.25) is 9.59 Å². The summed E-state index contributed by atoms with van der Waals surface area (Å²) in [6, 6.07) is 2.89. The van der Waals surface area contributed by atoms with Crippen LogP contribution in [0.25, 0.3) is 0 Å². The van der Waals surface area contributed by atoms with Crippen LogP contribution in [0, 0.1) is 0 Å². The molecule has 0 aliphatic heterocycles. The lowest BCUT2D eigenvalue weighted by atomic mass is 10.2. The quantitative estimate of drug-likeness (QED) is 0.736. The van der Waals surface area contributed by atoms with Crippen LogP contribution in [0.15, 0.2) is 24.3 Å². The molecule has 0 spiro atoms. The molecule has 0 radical (unpaired) electrons. The van der Waals surface area contributed by atoms with E-state index in [1.54, 1.807) is 0 Å². The Hall–Kier alpha value is -2.29. The molecular weight excluding hydrogens is 281 g/mol. The number of amides is 1. The first-order valence-corrected chi connectivity index (χ1v) is 5.25. The minimum Gasteiger partial charge on any atom is -0.486 e. The summed E-state index contributed by atoms with van der Waals surface area (Å²) in [5.41, 5.74) is 9.99. The number of carbonyl (C=O) groups excluding carboxylic acids is 2. The van der Waals surface area contributed by atoms with Gasteiger partial charge in [-0.05, 0) is 24.3 Å². The van der Waals surface area contributed by atoms with Crippen LogP contribution in [0.3, 0.4) is 0 Å². The molecule has 0 aliphatic carbocycles. The third-order valence-electron chi connectivity index (χ3n) is 2.09. The zero-order valence-corrected chi connectivity index (χ0v) is 10.0. The molecule has 1 unspecified atom stereocenters. The van der Waals surface area contributed by atoms with Crippen LogP contribution in [0.4, 0.5) is 13.2 Å². The molecule has 1 amide bonds. The lowest BCUT2D eigenvalue weighted by molar-refractivity contribution is -0.274. The number of Topliss-reactive ketones (excluding diaryl/α,β-unsaturated/α-hetero) is 1. The fraction of sp³-hybridized carbons (Fsp3) is 0.273. The van der Waals surface area contributed by atoms with Gasteiger partial charge in [0.25, 0.3) is 0 Å². The Kier molecular flexibility index (Phi) is 4.92. The highest BCUT2D eigenvalue weighted by Gasteiger charge is 2.31. The summed E-state index contributed by atoms with van der Waals surface area (Å²) in [6.45, 7) is -0.524. The van der Waals surface area contributed by atoms with Crippen molar-refractivity contribution in [3.63, 3.8) is 0 Å². The number of ether oxygens (including phenoxy) is 2. The van der Waals surface area contributed by atoms with Gasteiger partial charge in [-0.25, -0.2) is 0 Å². The molecule has 0 fully saturated rings. The van der Waals surface area contributed by atoms with E-state index in [1.165, 1.54) is 12.1 Å². The number of alkyl halides is 3. The van der Waals surface area contributed by atoms with Gasteiger partial charge in [-0.15, -0.1) is 13.2 Å². The van der Waals surface area contributed by atoms with Crippen molar-refractivity contribution in [3.05, 3.63) is 24.3 Å². The lowest BCUT2D eigenvalue weighted by Crippen LogP contribution is -2.45. The van der Waals surface area contributed by atoms with Crippen LogP contribution >= 0.6 is 0 Å². The number of nitrogens with two attached hydrogens (primary N) is 2. The first-order valence-electron chi connectivity index (χ1n) is 5.25. The monoisotopic (exact) mass is 292 g/mol. The van der Waals surface area contributed by atoms with E-state index < -0.39 is 36.5 Å². The van der Waals surface area contributed by atoms with Gasteiger partial charge in [0, 0.05) is 0 Å². The number of primary amides is 1. The summed E-state index contributed by atoms with van der Waals surface area (Å²) in [6.07, 6.45) is -4.79. The van der Waals surface area contributed by atoms with E-state index in [-0.39, 0.29) is 5.75 Å². The van der Waals surface area contributed by atoms with Gasteiger partial charge in [0.15, 0.2) is 5.78 Å². The Morgan fingerprint density at radius 2 is 1.65 bits per heavy atom. The molecule has 0 saturated heterocycles. The predicted octanol–water partition coefficient (Wildman–Crippen LogP) is 0.346. The van der Waals surface area contributed by atoms with Crippen LogP contribution in [0.2, 0.25) is 0 Å². The minimum absolute atomic E-state index is 0.115. The molecule has 1 atom stereocenters. The fourth-order valence-corrected chi connectivity index (χ4v) is 1.14. The molecule has 1 aromatic rings. The number of hydrogen-bond donors (Lipinski definition) is 2. The second kappa shape index (κ2) is 6.24. The van der Waals surface area contributed by atoms with E-state index in [2.05, 4.69) is 4.74 Å². The summed E-state index contributed by atoms with van der Waals surface area (Å²) in [5.74, 6) is -2.05. The van der Waals surface area contributed by atoms with Crippen molar-refractivity contribution in [1.29, 1.82) is 0 Å². The molecule has 20 heavy (non-hydrogen) atoms. The molecule has 6 nitrogen and oxygen atoms in total. The highest BCUT2D eigenvalue weighted by Crippen LogP contribution is 2.24. The Labute approximate surface area is 111 Å². The minimum atomic E-state index is -4.79. The van der Waals surface area contributed by atoms with Crippen LogP contribution < -0.4 is 20.9 Å². The van der Waals surface area contributed by atoms with Gasteiger partial charge >= 0.3 is 6.36 Å². The van der Waals surface area contributed by atoms with Crippen LogP contribution in [-0.4, -0.2) is 30.7 Å². The molecular formula is C11H11F3N2O4. The molecule has 110 valence electrons. The van der Waals surface area contributed by atoms with Crippen molar-refractivity contribution in [3.8, 4) is 11.5 Å². The molecule has 1 rings (SSSR count). The smallest absolute Gasteiger partial charge is 0.486 e. The van der Waals surface area contributed by atoms with E-state index in [1.807, 2.05) is 0 Å². The van der Waals surface area contributed by atoms with E-state index in [0.29, 0.717) is 0 Å². The van der Waals surface area contributed by atoms with Gasteiger partial charge in [0.05, 0.1) is 0 Å².